The molecule has 1 atom stereocenters. The fraction of sp³-hybridized carbons (Fsp3) is 0.500. The fourth-order valence-electron chi connectivity index (χ4n) is 3.05. The molecule has 2 heterocycles. The summed E-state index contributed by atoms with van der Waals surface area (Å²) in [6.07, 6.45) is 6.46. The van der Waals surface area contributed by atoms with E-state index in [1.54, 1.807) is 0 Å². The summed E-state index contributed by atoms with van der Waals surface area (Å²) in [6.45, 7) is 8.95. The van der Waals surface area contributed by atoms with Crippen LogP contribution in [0.4, 0.5) is 0 Å². The molecular formula is C18H25N3. The summed E-state index contributed by atoms with van der Waals surface area (Å²) >= 11 is 0. The molecule has 1 unspecified atom stereocenters. The summed E-state index contributed by atoms with van der Waals surface area (Å²) in [4.78, 5) is 4.38. The Morgan fingerprint density at radius 3 is 2.57 bits per heavy atom. The van der Waals surface area contributed by atoms with Gasteiger partial charge in [-0.2, -0.15) is 0 Å². The molecule has 1 aromatic carbocycles. The molecule has 0 radical (unpaired) electrons. The Balaban J connectivity index is 1.89. The van der Waals surface area contributed by atoms with E-state index in [-0.39, 0.29) is 5.41 Å². The number of nitrogens with one attached hydrogen (secondary N) is 1. The van der Waals surface area contributed by atoms with E-state index in [9.17, 15) is 0 Å². The summed E-state index contributed by atoms with van der Waals surface area (Å²) in [5.74, 6) is 0.573. The van der Waals surface area contributed by atoms with Crippen LogP contribution in [0.1, 0.15) is 50.8 Å². The third-order valence-corrected chi connectivity index (χ3v) is 4.39. The molecule has 112 valence electrons. The predicted octanol–water partition coefficient (Wildman–Crippen LogP) is 3.64. The van der Waals surface area contributed by atoms with Gasteiger partial charge in [-0.05, 0) is 42.5 Å². The van der Waals surface area contributed by atoms with Gasteiger partial charge in [-0.25, -0.2) is 4.98 Å². The van der Waals surface area contributed by atoms with Crippen LogP contribution in [0, 0.1) is 0 Å². The lowest BCUT2D eigenvalue weighted by Crippen LogP contribution is -2.29. The molecule has 1 saturated heterocycles. The van der Waals surface area contributed by atoms with Crippen molar-refractivity contribution in [3.63, 3.8) is 0 Å². The Labute approximate surface area is 127 Å². The van der Waals surface area contributed by atoms with Crippen molar-refractivity contribution in [2.45, 2.75) is 44.9 Å². The third-order valence-electron chi connectivity index (χ3n) is 4.39. The molecule has 0 bridgehead atoms. The zero-order valence-electron chi connectivity index (χ0n) is 13.3. The van der Waals surface area contributed by atoms with E-state index < -0.39 is 0 Å². The number of aromatic nitrogens is 2. The van der Waals surface area contributed by atoms with E-state index in [0.717, 1.165) is 13.1 Å². The minimum atomic E-state index is 0.198. The topological polar surface area (TPSA) is 29.9 Å². The molecule has 1 fully saturated rings. The van der Waals surface area contributed by atoms with Gasteiger partial charge in [0.05, 0.1) is 6.33 Å². The first kappa shape index (κ1) is 14.3. The third kappa shape index (κ3) is 3.03. The van der Waals surface area contributed by atoms with Crippen LogP contribution in [0.2, 0.25) is 0 Å². The second-order valence-electron chi connectivity index (χ2n) is 7.03. The Morgan fingerprint density at radius 2 is 1.95 bits per heavy atom. The van der Waals surface area contributed by atoms with Gasteiger partial charge in [0.2, 0.25) is 0 Å². The summed E-state index contributed by atoms with van der Waals surface area (Å²) < 4.78 is 2.24. The van der Waals surface area contributed by atoms with Crippen molar-refractivity contribution in [1.82, 2.24) is 14.9 Å². The van der Waals surface area contributed by atoms with Crippen molar-refractivity contribution in [3.05, 3.63) is 48.0 Å². The highest BCUT2D eigenvalue weighted by molar-refractivity contribution is 5.39. The van der Waals surface area contributed by atoms with Crippen LogP contribution in [0.25, 0.3) is 5.69 Å². The lowest BCUT2D eigenvalue weighted by Gasteiger charge is -2.24. The Hall–Kier alpha value is -1.61. The summed E-state index contributed by atoms with van der Waals surface area (Å²) in [5.41, 5.74) is 4.10. The quantitative estimate of drug-likeness (QED) is 0.912. The van der Waals surface area contributed by atoms with Gasteiger partial charge in [-0.1, -0.05) is 32.9 Å². The molecule has 21 heavy (non-hydrogen) atoms. The van der Waals surface area contributed by atoms with E-state index in [4.69, 9.17) is 0 Å². The predicted molar refractivity (Wildman–Crippen MR) is 87.1 cm³/mol. The van der Waals surface area contributed by atoms with E-state index in [0.29, 0.717) is 5.92 Å². The smallest absolute Gasteiger partial charge is 0.0994 e. The van der Waals surface area contributed by atoms with Gasteiger partial charge in [-0.15, -0.1) is 0 Å². The van der Waals surface area contributed by atoms with Crippen LogP contribution in [0.3, 0.4) is 0 Å². The average Bonchev–Trinajstić information content (AvgIpc) is 2.97. The maximum Gasteiger partial charge on any atom is 0.0994 e. The number of rotatable bonds is 2. The molecule has 3 nitrogen and oxygen atoms in total. The van der Waals surface area contributed by atoms with Gasteiger partial charge in [-0.3, -0.25) is 0 Å². The molecule has 2 aromatic rings. The average molecular weight is 283 g/mol. The lowest BCUT2D eigenvalue weighted by atomic mass is 9.87. The first-order chi connectivity index (χ1) is 10.1. The summed E-state index contributed by atoms with van der Waals surface area (Å²) in [7, 11) is 0. The largest absolute Gasteiger partial charge is 0.316 e. The molecule has 0 aliphatic carbocycles. The first-order valence-corrected chi connectivity index (χ1v) is 7.89. The van der Waals surface area contributed by atoms with Gasteiger partial charge in [0.1, 0.15) is 0 Å². The maximum absolute atomic E-state index is 4.38. The van der Waals surface area contributed by atoms with Crippen molar-refractivity contribution < 1.29 is 0 Å². The van der Waals surface area contributed by atoms with Gasteiger partial charge in [0.15, 0.2) is 0 Å². The minimum Gasteiger partial charge on any atom is -0.316 e. The number of benzene rings is 1. The highest BCUT2D eigenvalue weighted by Crippen LogP contribution is 2.27. The number of hydrogen-bond donors (Lipinski definition) is 1. The minimum absolute atomic E-state index is 0.198. The van der Waals surface area contributed by atoms with Crippen LogP contribution in [-0.4, -0.2) is 22.6 Å². The fourth-order valence-corrected chi connectivity index (χ4v) is 3.05. The Morgan fingerprint density at radius 1 is 1.19 bits per heavy atom. The number of nitrogens with zero attached hydrogens (tertiary/aromatic N) is 2. The van der Waals surface area contributed by atoms with Crippen molar-refractivity contribution in [2.24, 2.45) is 0 Å². The van der Waals surface area contributed by atoms with Gasteiger partial charge < -0.3 is 9.88 Å². The zero-order valence-corrected chi connectivity index (χ0v) is 13.3. The molecule has 1 aliphatic rings. The molecule has 1 aromatic heterocycles. The molecular weight excluding hydrogens is 258 g/mol. The Kier molecular flexibility index (Phi) is 3.85. The lowest BCUT2D eigenvalue weighted by molar-refractivity contribution is 0.451. The van der Waals surface area contributed by atoms with Crippen molar-refractivity contribution in [1.29, 1.82) is 0 Å². The highest BCUT2D eigenvalue weighted by atomic mass is 15.1. The van der Waals surface area contributed by atoms with Crippen molar-refractivity contribution >= 4 is 0 Å². The van der Waals surface area contributed by atoms with Crippen LogP contribution in [0.5, 0.6) is 0 Å². The van der Waals surface area contributed by atoms with E-state index in [1.165, 1.54) is 29.8 Å². The van der Waals surface area contributed by atoms with Gasteiger partial charge >= 0.3 is 0 Å². The van der Waals surface area contributed by atoms with E-state index in [1.807, 2.05) is 12.5 Å². The number of imidazole rings is 1. The molecule has 3 rings (SSSR count). The Bertz CT molecular complexity index is 584. The van der Waals surface area contributed by atoms with Crippen LogP contribution < -0.4 is 5.32 Å². The monoisotopic (exact) mass is 283 g/mol. The van der Waals surface area contributed by atoms with Crippen molar-refractivity contribution in [2.75, 3.05) is 13.1 Å². The molecule has 0 amide bonds. The van der Waals surface area contributed by atoms with Crippen LogP contribution >= 0.6 is 0 Å². The highest BCUT2D eigenvalue weighted by Gasteiger charge is 2.19. The molecule has 0 saturated carbocycles. The maximum atomic E-state index is 4.38. The SMILES string of the molecule is CC(C)(C)c1ccc(-n2cncc2C2CCCNC2)cc1. The summed E-state index contributed by atoms with van der Waals surface area (Å²) in [5, 5.41) is 3.49. The van der Waals surface area contributed by atoms with Gasteiger partial charge in [0, 0.05) is 30.0 Å². The molecule has 1 N–H and O–H groups in total. The first-order valence-electron chi connectivity index (χ1n) is 7.89. The summed E-state index contributed by atoms with van der Waals surface area (Å²) in [6, 6.07) is 8.89. The normalized spacial score (nSPS) is 19.7. The van der Waals surface area contributed by atoms with Gasteiger partial charge in [0.25, 0.3) is 0 Å². The van der Waals surface area contributed by atoms with Crippen molar-refractivity contribution in [3.8, 4) is 5.69 Å². The number of hydrogen-bond acceptors (Lipinski definition) is 2. The number of piperidine rings is 1. The van der Waals surface area contributed by atoms with E-state index >= 15 is 0 Å². The second kappa shape index (κ2) is 5.64. The van der Waals surface area contributed by atoms with E-state index in [2.05, 4.69) is 59.9 Å². The van der Waals surface area contributed by atoms with Crippen LogP contribution in [0.15, 0.2) is 36.8 Å². The van der Waals surface area contributed by atoms with Crippen LogP contribution in [-0.2, 0) is 5.41 Å². The zero-order chi connectivity index (χ0) is 14.9. The molecule has 0 spiro atoms. The second-order valence-corrected chi connectivity index (χ2v) is 7.03. The standard InChI is InChI=1S/C18H25N3/c1-18(2,3)15-6-8-16(9-7-15)21-13-20-12-17(21)14-5-4-10-19-11-14/h6-9,12-14,19H,4-5,10-11H2,1-3H3. The molecule has 1 aliphatic heterocycles. The molecule has 3 heteroatoms.